The van der Waals surface area contributed by atoms with Gasteiger partial charge in [-0.15, -0.1) is 12.8 Å². The van der Waals surface area contributed by atoms with Crippen molar-refractivity contribution in [3.05, 3.63) is 0 Å². The lowest BCUT2D eigenvalue weighted by Crippen LogP contribution is -0.856. The fourth-order valence-electron chi connectivity index (χ4n) is 0. The molecule has 0 heteroatoms. The van der Waals surface area contributed by atoms with Crippen LogP contribution < -0.4 is 0 Å². The first-order valence-corrected chi connectivity index (χ1v) is 4.33. The van der Waals surface area contributed by atoms with E-state index in [9.17, 15) is 0 Å². The molecule has 0 aromatic heterocycles. The number of hydrogen-bond donors (Lipinski definition) is 0. The van der Waals surface area contributed by atoms with E-state index in [1.165, 1.54) is 0 Å². The van der Waals surface area contributed by atoms with Crippen molar-refractivity contribution in [2.24, 2.45) is 0 Å². The van der Waals surface area contributed by atoms with Crippen LogP contribution in [0.15, 0.2) is 0 Å². The lowest BCUT2D eigenvalue weighted by Gasteiger charge is -1.07. The maximum atomic E-state index is 4.00. The average Bonchev–Trinajstić information content (AvgIpc) is 2.20. The molecule has 0 bridgehead atoms. The second kappa shape index (κ2) is 2530. The van der Waals surface area contributed by atoms with E-state index in [1.807, 2.05) is 55.4 Å². The molecule has 0 atom stereocenters. The zero-order valence-corrected chi connectivity index (χ0v) is 9.15. The molecule has 0 unspecified atom stereocenters. The van der Waals surface area contributed by atoms with Crippen LogP contribution in [0.5, 0.6) is 0 Å². The first-order valence-electron chi connectivity index (χ1n) is 4.33. The fraction of sp³-hybridized carbons (Fsp3) is 0.800. The van der Waals surface area contributed by atoms with E-state index >= 15 is 0 Å². The van der Waals surface area contributed by atoms with Crippen LogP contribution in [-0.2, 0) is 0 Å². The molecule has 10 heavy (non-hydrogen) atoms. The number of terminal acetylenes is 1. The third-order valence-electron chi connectivity index (χ3n) is 0. The second-order valence-corrected chi connectivity index (χ2v) is 0. The minimum Gasteiger partial charge on any atom is -0.124 e. The summed E-state index contributed by atoms with van der Waals surface area (Å²) >= 11 is 0. The monoisotopic (exact) mass is 146 g/mol. The van der Waals surface area contributed by atoms with Gasteiger partial charge in [0.2, 0.25) is 0 Å². The van der Waals surface area contributed by atoms with E-state index in [0.29, 0.717) is 0 Å². The molecular weight excluding hydrogens is 120 g/mol. The average molecular weight is 146 g/mol. The first-order chi connectivity index (χ1) is 5.00. The van der Waals surface area contributed by atoms with Gasteiger partial charge in [0.05, 0.1) is 0 Å². The van der Waals surface area contributed by atoms with E-state index in [1.54, 1.807) is 0 Å². The smallest absolute Gasteiger partial charge is 0.0683 e. The standard InChI is InChI=1S/4C2H6.C2H2/c5*1-2/h4*1-2H3;1-2H. The topological polar surface area (TPSA) is 0 Å². The molecule has 0 amide bonds. The Morgan fingerprint density at radius 1 is 0.400 bits per heavy atom. The van der Waals surface area contributed by atoms with Crippen LogP contribution in [0.1, 0.15) is 55.4 Å². The summed E-state index contributed by atoms with van der Waals surface area (Å²) in [5.74, 6) is 0. The molecule has 0 aromatic rings. The molecule has 0 nitrogen and oxygen atoms in total. The van der Waals surface area contributed by atoms with Crippen molar-refractivity contribution in [1.29, 1.82) is 0 Å². The zero-order valence-electron chi connectivity index (χ0n) is 9.15. The Labute approximate surface area is 69.0 Å². The SMILES string of the molecule is C#C.CC.CC.CC.CC. The highest BCUT2D eigenvalue weighted by Gasteiger charge is 0.938. The van der Waals surface area contributed by atoms with Gasteiger partial charge >= 0.3 is 0 Å². The lowest BCUT2D eigenvalue weighted by molar-refractivity contribution is 1.50. The highest BCUT2D eigenvalue weighted by molar-refractivity contribution is 4.47. The van der Waals surface area contributed by atoms with Gasteiger partial charge in [-0.3, -0.25) is 0 Å². The second-order valence-electron chi connectivity index (χ2n) is 0. The summed E-state index contributed by atoms with van der Waals surface area (Å²) in [4.78, 5) is 0. The maximum Gasteiger partial charge on any atom is -0.0683 e. The molecule has 0 rings (SSSR count). The summed E-state index contributed by atoms with van der Waals surface area (Å²) in [5, 5.41) is 0. The van der Waals surface area contributed by atoms with Gasteiger partial charge in [-0.05, 0) is 0 Å². The van der Waals surface area contributed by atoms with E-state index < -0.39 is 0 Å². The van der Waals surface area contributed by atoms with Crippen LogP contribution in [-0.4, -0.2) is 0 Å². The van der Waals surface area contributed by atoms with E-state index in [4.69, 9.17) is 0 Å². The van der Waals surface area contributed by atoms with Gasteiger partial charge in [0.15, 0.2) is 0 Å². The highest BCUT2D eigenvalue weighted by atomic mass is 13.0. The van der Waals surface area contributed by atoms with Crippen LogP contribution in [0.25, 0.3) is 0 Å². The Bertz CT molecular complexity index is 4.75. The van der Waals surface area contributed by atoms with Crippen LogP contribution in [0.4, 0.5) is 0 Å². The third kappa shape index (κ3) is 1680. The Hall–Kier alpha value is -0.440. The quantitative estimate of drug-likeness (QED) is 0.446. The molecule has 0 aromatic carbocycles. The van der Waals surface area contributed by atoms with Gasteiger partial charge in [0.25, 0.3) is 0 Å². The van der Waals surface area contributed by atoms with Crippen LogP contribution in [0, 0.1) is 12.8 Å². The van der Waals surface area contributed by atoms with E-state index in [-0.39, 0.29) is 0 Å². The van der Waals surface area contributed by atoms with Crippen molar-refractivity contribution in [2.45, 2.75) is 55.4 Å². The van der Waals surface area contributed by atoms with E-state index in [2.05, 4.69) is 12.8 Å². The fourth-order valence-corrected chi connectivity index (χ4v) is 0. The molecule has 0 aliphatic heterocycles. The maximum absolute atomic E-state index is 4.00. The molecule has 0 N–H and O–H groups in total. The summed E-state index contributed by atoms with van der Waals surface area (Å²) in [6, 6.07) is 0. The van der Waals surface area contributed by atoms with Crippen molar-refractivity contribution in [2.75, 3.05) is 0 Å². The van der Waals surface area contributed by atoms with Gasteiger partial charge in [0.1, 0.15) is 0 Å². The number of rotatable bonds is 0. The van der Waals surface area contributed by atoms with Gasteiger partial charge in [-0.1, -0.05) is 55.4 Å². The third-order valence-corrected chi connectivity index (χ3v) is 0. The first kappa shape index (κ1) is 33.7. The molecule has 0 aliphatic rings. The van der Waals surface area contributed by atoms with Crippen molar-refractivity contribution in [3.8, 4) is 12.8 Å². The minimum absolute atomic E-state index is 2.00. The lowest BCUT2D eigenvalue weighted by atomic mass is 11.0. The summed E-state index contributed by atoms with van der Waals surface area (Å²) in [6.07, 6.45) is 8.00. The summed E-state index contributed by atoms with van der Waals surface area (Å²) in [6.45, 7) is 16.0. The Morgan fingerprint density at radius 3 is 0.400 bits per heavy atom. The molecule has 0 aliphatic carbocycles. The Kier molecular flexibility index (Phi) is 8510. The van der Waals surface area contributed by atoms with Gasteiger partial charge in [0, 0.05) is 0 Å². The largest absolute Gasteiger partial charge is 0.124 e. The molecule has 0 saturated carbocycles. The van der Waals surface area contributed by atoms with E-state index in [0.717, 1.165) is 0 Å². The summed E-state index contributed by atoms with van der Waals surface area (Å²) in [5.41, 5.74) is 0. The van der Waals surface area contributed by atoms with Crippen molar-refractivity contribution in [1.82, 2.24) is 0 Å². The predicted octanol–water partition coefficient (Wildman–Crippen LogP) is 4.35. The summed E-state index contributed by atoms with van der Waals surface area (Å²) < 4.78 is 0. The van der Waals surface area contributed by atoms with Crippen molar-refractivity contribution in [3.63, 3.8) is 0 Å². The van der Waals surface area contributed by atoms with Crippen LogP contribution >= 0.6 is 0 Å². The molecule has 0 heterocycles. The Balaban J connectivity index is -0.0000000104. The number of hydrogen-bond acceptors (Lipinski definition) is 0. The van der Waals surface area contributed by atoms with Crippen LogP contribution in [0.3, 0.4) is 0 Å². The van der Waals surface area contributed by atoms with Crippen molar-refractivity contribution < 1.29 is 0 Å². The van der Waals surface area contributed by atoms with Gasteiger partial charge in [-0.25, -0.2) is 0 Å². The molecule has 66 valence electrons. The minimum atomic E-state index is 2.00. The van der Waals surface area contributed by atoms with Gasteiger partial charge < -0.3 is 0 Å². The zero-order chi connectivity index (χ0) is 10.0. The predicted molar refractivity (Wildman–Crippen MR) is 55.3 cm³/mol. The normalized spacial score (nSPS) is 2.60. The molecule has 0 radical (unpaired) electrons. The van der Waals surface area contributed by atoms with Crippen LogP contribution in [0.2, 0.25) is 0 Å². The molecule has 0 saturated heterocycles. The molecule has 0 fully saturated rings. The van der Waals surface area contributed by atoms with Crippen molar-refractivity contribution >= 4 is 0 Å². The molecular formula is C10H26. The summed E-state index contributed by atoms with van der Waals surface area (Å²) in [7, 11) is 0. The highest BCUT2D eigenvalue weighted by Crippen LogP contribution is 1.15. The molecule has 0 spiro atoms. The Morgan fingerprint density at radius 2 is 0.400 bits per heavy atom. The van der Waals surface area contributed by atoms with Gasteiger partial charge in [-0.2, -0.15) is 0 Å².